The van der Waals surface area contributed by atoms with Gasteiger partial charge < -0.3 is 19.5 Å². The summed E-state index contributed by atoms with van der Waals surface area (Å²) in [4.78, 5) is 33.5. The molecule has 0 spiro atoms. The number of anilines is 1. The Hall–Kier alpha value is -5.15. The average Bonchev–Trinajstić information content (AvgIpc) is 3.35. The second-order valence-electron chi connectivity index (χ2n) is 10.1. The number of para-hydroxylation sites is 1. The molecular formula is C35H31N3O5S. The number of carbonyl (C=O) groups is 1. The molecule has 4 aromatic carbocycles. The van der Waals surface area contributed by atoms with E-state index in [2.05, 4.69) is 5.32 Å². The summed E-state index contributed by atoms with van der Waals surface area (Å²) in [6.07, 6.45) is 1.88. The maximum atomic E-state index is 14.3. The van der Waals surface area contributed by atoms with Crippen molar-refractivity contribution in [1.82, 2.24) is 4.57 Å². The van der Waals surface area contributed by atoms with Crippen LogP contribution in [0.25, 0.3) is 16.8 Å². The zero-order chi connectivity index (χ0) is 30.8. The van der Waals surface area contributed by atoms with Gasteiger partial charge in [-0.25, -0.2) is 4.99 Å². The molecule has 0 saturated carbocycles. The van der Waals surface area contributed by atoms with Crippen molar-refractivity contribution >= 4 is 39.8 Å². The normalized spacial score (nSPS) is 14.6. The number of hydrogen-bond donors (Lipinski definition) is 1. The molecule has 5 aromatic rings. The van der Waals surface area contributed by atoms with Gasteiger partial charge >= 0.3 is 0 Å². The number of aromatic nitrogens is 1. The Morgan fingerprint density at radius 1 is 0.955 bits per heavy atom. The smallest absolute Gasteiger partial charge is 0.271 e. The number of thiazole rings is 1. The number of methoxy groups -OCH3 is 2. The van der Waals surface area contributed by atoms with Gasteiger partial charge in [-0.3, -0.25) is 14.2 Å². The number of carbonyl (C=O) groups excluding carboxylic acids is 1. The molecule has 1 amide bonds. The molecule has 1 aliphatic rings. The number of hydrogen-bond acceptors (Lipinski definition) is 7. The third-order valence-corrected chi connectivity index (χ3v) is 8.52. The van der Waals surface area contributed by atoms with Crippen molar-refractivity contribution in [3.8, 4) is 17.2 Å². The first-order valence-corrected chi connectivity index (χ1v) is 15.0. The molecule has 1 aromatic heterocycles. The van der Waals surface area contributed by atoms with Crippen LogP contribution in [0, 0.1) is 0 Å². The van der Waals surface area contributed by atoms with E-state index in [-0.39, 0.29) is 11.5 Å². The summed E-state index contributed by atoms with van der Waals surface area (Å²) in [5.74, 6) is 1.52. The van der Waals surface area contributed by atoms with Crippen molar-refractivity contribution < 1.29 is 19.0 Å². The quantitative estimate of drug-likeness (QED) is 0.254. The van der Waals surface area contributed by atoms with E-state index in [1.54, 1.807) is 37.8 Å². The van der Waals surface area contributed by atoms with E-state index in [1.165, 1.54) is 11.3 Å². The zero-order valence-corrected chi connectivity index (χ0v) is 25.6. The van der Waals surface area contributed by atoms with Gasteiger partial charge in [-0.15, -0.1) is 0 Å². The zero-order valence-electron chi connectivity index (χ0n) is 24.8. The lowest BCUT2D eigenvalue weighted by molar-refractivity contribution is -0.113. The first-order valence-electron chi connectivity index (χ1n) is 14.2. The average molecular weight is 606 g/mol. The number of benzene rings is 4. The Morgan fingerprint density at radius 3 is 2.43 bits per heavy atom. The van der Waals surface area contributed by atoms with Crippen LogP contribution in [0.3, 0.4) is 0 Å². The first-order chi connectivity index (χ1) is 21.4. The van der Waals surface area contributed by atoms with Crippen LogP contribution in [-0.2, 0) is 4.79 Å². The maximum Gasteiger partial charge on any atom is 0.271 e. The minimum atomic E-state index is -0.796. The number of rotatable bonds is 8. The lowest BCUT2D eigenvalue weighted by atomic mass is 9.94. The summed E-state index contributed by atoms with van der Waals surface area (Å²) in [6.45, 7) is 4.30. The van der Waals surface area contributed by atoms with Crippen LogP contribution >= 0.6 is 11.3 Å². The van der Waals surface area contributed by atoms with Crippen LogP contribution in [-0.4, -0.2) is 31.3 Å². The van der Waals surface area contributed by atoms with Crippen molar-refractivity contribution in [3.05, 3.63) is 127 Å². The highest BCUT2D eigenvalue weighted by molar-refractivity contribution is 7.07. The molecule has 222 valence electrons. The minimum Gasteiger partial charge on any atom is -0.497 e. The van der Waals surface area contributed by atoms with Crippen molar-refractivity contribution in [2.45, 2.75) is 19.9 Å². The highest BCUT2D eigenvalue weighted by Gasteiger charge is 2.34. The molecule has 0 saturated heterocycles. The number of fused-ring (bicyclic) bond motifs is 2. The predicted octanol–water partition coefficient (Wildman–Crippen LogP) is 5.44. The molecule has 0 bridgehead atoms. The van der Waals surface area contributed by atoms with E-state index in [0.717, 1.165) is 22.1 Å². The van der Waals surface area contributed by atoms with E-state index < -0.39 is 6.04 Å². The molecule has 44 heavy (non-hydrogen) atoms. The van der Waals surface area contributed by atoms with Crippen molar-refractivity contribution in [2.75, 3.05) is 26.1 Å². The van der Waals surface area contributed by atoms with E-state index in [0.29, 0.717) is 50.0 Å². The highest BCUT2D eigenvalue weighted by Crippen LogP contribution is 2.38. The Bertz CT molecular complexity index is 2100. The molecule has 2 heterocycles. The van der Waals surface area contributed by atoms with Crippen molar-refractivity contribution in [1.29, 1.82) is 0 Å². The molecule has 9 heteroatoms. The van der Waals surface area contributed by atoms with Gasteiger partial charge in [-0.05, 0) is 61.2 Å². The van der Waals surface area contributed by atoms with Crippen LogP contribution in [0.15, 0.2) is 106 Å². The standard InChI is InChI=1S/C35H31N3O5S/c1-5-43-28-18-15-22(25-13-9-10-14-26(25)28)19-30-34(40)38-32(27-17-16-24(41-3)20-29(27)42-4)31(21(2)36-35(38)44-30)33(39)37-23-11-7-6-8-12-23/h6-20,32H,5H2,1-4H3,(H,37,39)/b30-19-/t32-/m1/s1. The van der Waals surface area contributed by atoms with Gasteiger partial charge in [0.05, 0.1) is 36.6 Å². The molecule has 0 fully saturated rings. The van der Waals surface area contributed by atoms with Crippen LogP contribution in [0.1, 0.15) is 31.0 Å². The minimum absolute atomic E-state index is 0.257. The van der Waals surface area contributed by atoms with Crippen LogP contribution in [0.5, 0.6) is 17.2 Å². The molecule has 0 aliphatic carbocycles. The molecule has 1 aliphatic heterocycles. The third-order valence-electron chi connectivity index (χ3n) is 7.54. The van der Waals surface area contributed by atoms with Gasteiger partial charge in [0.2, 0.25) is 0 Å². The molecule has 8 nitrogen and oxygen atoms in total. The van der Waals surface area contributed by atoms with Gasteiger partial charge in [0.25, 0.3) is 11.5 Å². The summed E-state index contributed by atoms with van der Waals surface area (Å²) in [6, 6.07) is 25.6. The lowest BCUT2D eigenvalue weighted by Gasteiger charge is -2.26. The fraction of sp³-hybridized carbons (Fsp3) is 0.171. The Kier molecular flexibility index (Phi) is 8.04. The van der Waals surface area contributed by atoms with Gasteiger partial charge in [0, 0.05) is 22.7 Å². The number of nitrogens with one attached hydrogen (secondary N) is 1. The molecule has 6 rings (SSSR count). The number of nitrogens with zero attached hydrogens (tertiary/aromatic N) is 2. The Labute approximate surface area is 258 Å². The fourth-order valence-corrected chi connectivity index (χ4v) is 6.55. The SMILES string of the molecule is CCOc1ccc(/C=c2\sc3n(c2=O)[C@H](c2ccc(OC)cc2OC)C(C(=O)Nc2ccccc2)=C(C)N=3)c2ccccc12. The van der Waals surface area contributed by atoms with Gasteiger partial charge in [-0.1, -0.05) is 59.9 Å². The second kappa shape index (κ2) is 12.2. The van der Waals surface area contributed by atoms with Gasteiger partial charge in [-0.2, -0.15) is 0 Å². The highest BCUT2D eigenvalue weighted by atomic mass is 32.1. The largest absolute Gasteiger partial charge is 0.497 e. The molecule has 1 atom stereocenters. The summed E-state index contributed by atoms with van der Waals surface area (Å²) in [7, 11) is 3.13. The molecule has 1 N–H and O–H groups in total. The van der Waals surface area contributed by atoms with Crippen LogP contribution in [0.2, 0.25) is 0 Å². The number of amides is 1. The molecule has 0 radical (unpaired) electrons. The van der Waals surface area contributed by atoms with Crippen molar-refractivity contribution in [3.63, 3.8) is 0 Å². The van der Waals surface area contributed by atoms with Crippen molar-refractivity contribution in [2.24, 2.45) is 4.99 Å². The summed E-state index contributed by atoms with van der Waals surface area (Å²) >= 11 is 1.29. The topological polar surface area (TPSA) is 91.1 Å². The van der Waals surface area contributed by atoms with Gasteiger partial charge in [0.1, 0.15) is 23.3 Å². The monoisotopic (exact) mass is 605 g/mol. The van der Waals surface area contributed by atoms with E-state index in [9.17, 15) is 9.59 Å². The number of ether oxygens (including phenoxy) is 3. The fourth-order valence-electron chi connectivity index (χ4n) is 5.51. The Morgan fingerprint density at radius 2 is 1.70 bits per heavy atom. The molecular weight excluding hydrogens is 574 g/mol. The lowest BCUT2D eigenvalue weighted by Crippen LogP contribution is -2.40. The first kappa shape index (κ1) is 28.9. The number of allylic oxidation sites excluding steroid dienone is 1. The van der Waals surface area contributed by atoms with Gasteiger partial charge in [0.15, 0.2) is 4.80 Å². The molecule has 0 unspecified atom stereocenters. The Balaban J connectivity index is 1.56. The maximum absolute atomic E-state index is 14.3. The van der Waals surface area contributed by atoms with E-state index in [4.69, 9.17) is 19.2 Å². The van der Waals surface area contributed by atoms with E-state index >= 15 is 0 Å². The van der Waals surface area contributed by atoms with E-state index in [1.807, 2.05) is 85.8 Å². The summed E-state index contributed by atoms with van der Waals surface area (Å²) in [5, 5.41) is 4.91. The van der Waals surface area contributed by atoms with Crippen LogP contribution in [0.4, 0.5) is 5.69 Å². The summed E-state index contributed by atoms with van der Waals surface area (Å²) in [5.41, 5.74) is 2.76. The third kappa shape index (κ3) is 5.26. The predicted molar refractivity (Wildman–Crippen MR) is 174 cm³/mol. The summed E-state index contributed by atoms with van der Waals surface area (Å²) < 4.78 is 19.1. The second-order valence-corrected chi connectivity index (χ2v) is 11.2. The van der Waals surface area contributed by atoms with Crippen LogP contribution < -0.4 is 34.4 Å².